The molecule has 1 aromatic carbocycles. The summed E-state index contributed by atoms with van der Waals surface area (Å²) >= 11 is 0. The number of ether oxygens (including phenoxy) is 1. The smallest absolute Gasteiger partial charge is 0.330 e. The maximum Gasteiger partial charge on any atom is 0.330 e. The van der Waals surface area contributed by atoms with Crippen LogP contribution in [0.25, 0.3) is 21.9 Å². The van der Waals surface area contributed by atoms with Crippen molar-refractivity contribution in [3.8, 4) is 0 Å². The normalized spacial score (nSPS) is 11.3. The van der Waals surface area contributed by atoms with Gasteiger partial charge in [-0.05, 0) is 18.6 Å². The largest absolute Gasteiger partial charge is 0.456 e. The lowest BCUT2D eigenvalue weighted by molar-refractivity contribution is -0.146. The molecule has 0 saturated carbocycles. The summed E-state index contributed by atoms with van der Waals surface area (Å²) in [6, 6.07) is 6.29. The standard InChI is InChI=1S/C21H22N6O6/c1-3-4-9-26-17-16(19(30)23-21(26)32)25(2)14(22-17)11-33-15(28)10-27-20(31)13-8-6-5-7-12(13)18(29)24-27/h5-8H,3-4,9-11H2,1-2H3,(H,24,29)(H,23,30,32). The Kier molecular flexibility index (Phi) is 5.82. The summed E-state index contributed by atoms with van der Waals surface area (Å²) < 4.78 is 8.95. The van der Waals surface area contributed by atoms with E-state index in [9.17, 15) is 24.0 Å². The van der Waals surface area contributed by atoms with Crippen molar-refractivity contribution < 1.29 is 9.53 Å². The molecule has 12 heteroatoms. The lowest BCUT2D eigenvalue weighted by Gasteiger charge is -2.08. The molecule has 0 aliphatic carbocycles. The number of hydrogen-bond acceptors (Lipinski definition) is 7. The molecule has 0 spiro atoms. The number of esters is 1. The summed E-state index contributed by atoms with van der Waals surface area (Å²) in [5.74, 6) is -0.536. The van der Waals surface area contributed by atoms with Crippen molar-refractivity contribution >= 4 is 27.9 Å². The molecule has 0 aliphatic rings. The fraction of sp³-hybridized carbons (Fsp3) is 0.333. The number of imidazole rings is 1. The van der Waals surface area contributed by atoms with E-state index in [1.165, 1.54) is 21.3 Å². The fourth-order valence-electron chi connectivity index (χ4n) is 3.62. The molecular formula is C21H22N6O6. The van der Waals surface area contributed by atoms with Gasteiger partial charge in [0.2, 0.25) is 0 Å². The van der Waals surface area contributed by atoms with Gasteiger partial charge >= 0.3 is 11.7 Å². The monoisotopic (exact) mass is 454 g/mol. The van der Waals surface area contributed by atoms with Crippen LogP contribution in [0, 0.1) is 0 Å². The Balaban J connectivity index is 1.59. The van der Waals surface area contributed by atoms with Crippen molar-refractivity contribution in [1.29, 1.82) is 0 Å². The van der Waals surface area contributed by atoms with Crippen LogP contribution in [0.5, 0.6) is 0 Å². The zero-order valence-electron chi connectivity index (χ0n) is 18.1. The maximum atomic E-state index is 12.6. The number of aryl methyl sites for hydroxylation is 2. The van der Waals surface area contributed by atoms with Crippen LogP contribution in [0.1, 0.15) is 25.6 Å². The van der Waals surface area contributed by atoms with Gasteiger partial charge in [0.25, 0.3) is 16.7 Å². The molecule has 0 amide bonds. The Morgan fingerprint density at radius 1 is 1.09 bits per heavy atom. The highest BCUT2D eigenvalue weighted by Crippen LogP contribution is 2.11. The minimum absolute atomic E-state index is 0.187. The highest BCUT2D eigenvalue weighted by molar-refractivity contribution is 5.80. The van der Waals surface area contributed by atoms with Crippen LogP contribution in [-0.4, -0.2) is 34.9 Å². The molecular weight excluding hydrogens is 432 g/mol. The quantitative estimate of drug-likeness (QED) is 0.372. The summed E-state index contributed by atoms with van der Waals surface area (Å²) in [6.07, 6.45) is 1.57. The predicted molar refractivity (Wildman–Crippen MR) is 119 cm³/mol. The number of benzene rings is 1. The molecule has 0 bridgehead atoms. The van der Waals surface area contributed by atoms with E-state index in [0.29, 0.717) is 6.54 Å². The molecule has 0 aliphatic heterocycles. The van der Waals surface area contributed by atoms with E-state index in [2.05, 4.69) is 15.1 Å². The number of carbonyl (C=O) groups excluding carboxylic acids is 1. The number of nitrogens with zero attached hydrogens (tertiary/aromatic N) is 4. The third kappa shape index (κ3) is 4.02. The van der Waals surface area contributed by atoms with Gasteiger partial charge < -0.3 is 9.30 Å². The van der Waals surface area contributed by atoms with Crippen molar-refractivity contribution in [1.82, 2.24) is 28.9 Å². The van der Waals surface area contributed by atoms with Gasteiger partial charge in [-0.15, -0.1) is 0 Å². The van der Waals surface area contributed by atoms with E-state index >= 15 is 0 Å². The van der Waals surface area contributed by atoms with E-state index in [4.69, 9.17) is 4.74 Å². The number of rotatable bonds is 7. The first kappa shape index (κ1) is 22.0. The highest BCUT2D eigenvalue weighted by atomic mass is 16.5. The molecule has 0 radical (unpaired) electrons. The van der Waals surface area contributed by atoms with Gasteiger partial charge in [0.15, 0.2) is 11.2 Å². The van der Waals surface area contributed by atoms with Gasteiger partial charge in [-0.1, -0.05) is 25.5 Å². The Hall–Kier alpha value is -4.22. The molecule has 4 rings (SSSR count). The van der Waals surface area contributed by atoms with Crippen molar-refractivity contribution in [2.24, 2.45) is 7.05 Å². The summed E-state index contributed by atoms with van der Waals surface area (Å²) in [5, 5.41) is 2.78. The molecule has 0 unspecified atom stereocenters. The number of unbranched alkanes of at least 4 members (excludes halogenated alkanes) is 1. The third-order valence-corrected chi connectivity index (χ3v) is 5.37. The van der Waals surface area contributed by atoms with Gasteiger partial charge in [-0.2, -0.15) is 0 Å². The van der Waals surface area contributed by atoms with Crippen molar-refractivity contribution in [3.05, 3.63) is 71.6 Å². The van der Waals surface area contributed by atoms with Crippen LogP contribution in [0.15, 0.2) is 43.4 Å². The zero-order chi connectivity index (χ0) is 23.7. The van der Waals surface area contributed by atoms with Gasteiger partial charge in [0.1, 0.15) is 19.0 Å². The second-order valence-corrected chi connectivity index (χ2v) is 7.56. The number of aromatic nitrogens is 6. The Morgan fingerprint density at radius 3 is 2.55 bits per heavy atom. The first-order valence-electron chi connectivity index (χ1n) is 10.4. The van der Waals surface area contributed by atoms with E-state index in [0.717, 1.165) is 17.5 Å². The van der Waals surface area contributed by atoms with E-state index < -0.39 is 34.9 Å². The first-order chi connectivity index (χ1) is 15.8. The number of H-pyrrole nitrogens is 2. The third-order valence-electron chi connectivity index (χ3n) is 5.37. The summed E-state index contributed by atoms with van der Waals surface area (Å²) in [5.41, 5.74) is -1.78. The lowest BCUT2D eigenvalue weighted by Crippen LogP contribution is -2.32. The van der Waals surface area contributed by atoms with E-state index in [1.54, 1.807) is 19.2 Å². The topological polar surface area (TPSA) is 154 Å². The van der Waals surface area contributed by atoms with Crippen molar-refractivity contribution in [3.63, 3.8) is 0 Å². The van der Waals surface area contributed by atoms with Gasteiger partial charge in [-0.25, -0.2) is 14.5 Å². The highest BCUT2D eigenvalue weighted by Gasteiger charge is 2.18. The van der Waals surface area contributed by atoms with E-state index in [-0.39, 0.29) is 34.4 Å². The van der Waals surface area contributed by atoms with Crippen LogP contribution in [0.4, 0.5) is 0 Å². The molecule has 4 aromatic rings. The van der Waals surface area contributed by atoms with Gasteiger partial charge in [-0.3, -0.25) is 33.8 Å². The van der Waals surface area contributed by atoms with Crippen molar-refractivity contribution in [2.45, 2.75) is 39.5 Å². The number of carbonyl (C=O) groups is 1. The van der Waals surface area contributed by atoms with Crippen LogP contribution in [-0.2, 0) is 36.3 Å². The second-order valence-electron chi connectivity index (χ2n) is 7.56. The molecule has 12 nitrogen and oxygen atoms in total. The Labute approximate surface area is 185 Å². The first-order valence-corrected chi connectivity index (χ1v) is 10.4. The average Bonchev–Trinajstić information content (AvgIpc) is 3.12. The minimum Gasteiger partial charge on any atom is -0.456 e. The van der Waals surface area contributed by atoms with E-state index in [1.807, 2.05) is 6.92 Å². The minimum atomic E-state index is -0.785. The molecule has 0 atom stereocenters. The van der Waals surface area contributed by atoms with Crippen LogP contribution in [0.3, 0.4) is 0 Å². The maximum absolute atomic E-state index is 12.6. The molecule has 33 heavy (non-hydrogen) atoms. The van der Waals surface area contributed by atoms with Crippen molar-refractivity contribution in [2.75, 3.05) is 0 Å². The van der Waals surface area contributed by atoms with Gasteiger partial charge in [0, 0.05) is 13.6 Å². The fourth-order valence-corrected chi connectivity index (χ4v) is 3.62. The number of hydrogen-bond donors (Lipinski definition) is 2. The molecule has 0 fully saturated rings. The van der Waals surface area contributed by atoms with Crippen LogP contribution < -0.4 is 22.4 Å². The zero-order valence-corrected chi connectivity index (χ0v) is 18.1. The molecule has 3 heterocycles. The Morgan fingerprint density at radius 2 is 1.82 bits per heavy atom. The summed E-state index contributed by atoms with van der Waals surface area (Å²) in [4.78, 5) is 68.3. The number of aromatic amines is 2. The number of fused-ring (bicyclic) bond motifs is 2. The lowest BCUT2D eigenvalue weighted by atomic mass is 10.2. The Bertz CT molecular complexity index is 1600. The van der Waals surface area contributed by atoms with Gasteiger partial charge in [0.05, 0.1) is 10.8 Å². The summed E-state index contributed by atoms with van der Waals surface area (Å²) in [6.45, 7) is 1.56. The molecule has 0 saturated heterocycles. The SMILES string of the molecule is CCCCn1c(=O)[nH]c(=O)c2c1nc(COC(=O)Cn1[nH]c(=O)c3ccccc3c1=O)n2C. The molecule has 2 N–H and O–H groups in total. The van der Waals surface area contributed by atoms with Crippen LogP contribution in [0.2, 0.25) is 0 Å². The second kappa shape index (κ2) is 8.73. The average molecular weight is 454 g/mol. The molecule has 172 valence electrons. The molecule has 3 aromatic heterocycles. The number of nitrogens with one attached hydrogen (secondary N) is 2. The van der Waals surface area contributed by atoms with Crippen LogP contribution >= 0.6 is 0 Å². The summed E-state index contributed by atoms with van der Waals surface area (Å²) in [7, 11) is 1.58. The predicted octanol–water partition coefficient (Wildman–Crippen LogP) is -0.0300.